The van der Waals surface area contributed by atoms with E-state index in [-0.39, 0.29) is 35.0 Å². The molecule has 1 N–H and O–H groups in total. The van der Waals surface area contributed by atoms with Gasteiger partial charge in [-0.15, -0.1) is 22.7 Å². The molecule has 5 heterocycles. The Kier molecular flexibility index (Phi) is 12.0. The molecule has 0 spiro atoms. The van der Waals surface area contributed by atoms with Gasteiger partial charge in [0, 0.05) is 46.5 Å². The summed E-state index contributed by atoms with van der Waals surface area (Å²) in [5.41, 5.74) is 5.95. The van der Waals surface area contributed by atoms with Crippen molar-refractivity contribution in [2.45, 2.75) is 65.5 Å². The van der Waals surface area contributed by atoms with E-state index in [1.165, 1.54) is 46.9 Å². The standard InChI is InChI=1S/C22H25FN4OS2.C18H18FN3O2S/c1-22(2,3)27-20(15-4-6-16(23)7-5-15)18(13-24-27)21-25-17(14-30-21)12-19(28)26-8-10-29-11-9-26;1-18(2,3)22-16(11-4-6-12(19)7-5-11)14(9-20-22)17-21-13(10-25-17)8-15(23)24/h4-7,13-14H,8-12H2,1-3H3;4-7,9-10H,8H2,1-3H3,(H,23,24). The highest BCUT2D eigenvalue weighted by Crippen LogP contribution is 2.38. The van der Waals surface area contributed by atoms with Crippen LogP contribution in [0.15, 0.2) is 71.7 Å². The third-order valence-corrected chi connectivity index (χ3v) is 11.4. The van der Waals surface area contributed by atoms with Gasteiger partial charge in [-0.25, -0.2) is 18.7 Å². The van der Waals surface area contributed by atoms with Crippen LogP contribution in [-0.2, 0) is 33.5 Å². The summed E-state index contributed by atoms with van der Waals surface area (Å²) >= 11 is 4.78. The highest BCUT2D eigenvalue weighted by Gasteiger charge is 2.26. The predicted octanol–water partition coefficient (Wildman–Crippen LogP) is 8.88. The molecule has 288 valence electrons. The molecule has 0 radical (unpaired) electrons. The summed E-state index contributed by atoms with van der Waals surface area (Å²) in [4.78, 5) is 34.6. The maximum Gasteiger partial charge on any atom is 0.309 e. The zero-order chi connectivity index (χ0) is 39.5. The minimum atomic E-state index is -0.916. The maximum absolute atomic E-state index is 13.5. The number of thioether (sulfide) groups is 1. The molecule has 1 fully saturated rings. The molecule has 1 aliphatic heterocycles. The topological polar surface area (TPSA) is 119 Å². The number of carbonyl (C=O) groups is 2. The Morgan fingerprint density at radius 2 is 1.11 bits per heavy atom. The number of rotatable bonds is 8. The fourth-order valence-electron chi connectivity index (χ4n) is 6.06. The zero-order valence-corrected chi connectivity index (χ0v) is 34.0. The van der Waals surface area contributed by atoms with Crippen LogP contribution in [0.5, 0.6) is 0 Å². The zero-order valence-electron chi connectivity index (χ0n) is 31.5. The van der Waals surface area contributed by atoms with Gasteiger partial charge < -0.3 is 10.0 Å². The molecule has 0 atom stereocenters. The van der Waals surface area contributed by atoms with E-state index < -0.39 is 5.97 Å². The molecule has 0 saturated carbocycles. The van der Waals surface area contributed by atoms with E-state index >= 15 is 0 Å². The largest absolute Gasteiger partial charge is 0.481 e. The first kappa shape index (κ1) is 39.9. The van der Waals surface area contributed by atoms with Crippen LogP contribution in [0.4, 0.5) is 8.78 Å². The first-order valence-corrected chi connectivity index (χ1v) is 20.7. The molecule has 1 amide bonds. The Morgan fingerprint density at radius 3 is 1.51 bits per heavy atom. The predicted molar refractivity (Wildman–Crippen MR) is 216 cm³/mol. The number of benzene rings is 2. The van der Waals surface area contributed by atoms with Crippen molar-refractivity contribution in [2.24, 2.45) is 0 Å². The minimum Gasteiger partial charge on any atom is -0.481 e. The molecule has 0 bridgehead atoms. The molecule has 10 nitrogen and oxygen atoms in total. The number of nitrogens with zero attached hydrogens (tertiary/aromatic N) is 7. The Morgan fingerprint density at radius 1 is 0.691 bits per heavy atom. The number of thiazole rings is 2. The lowest BCUT2D eigenvalue weighted by Gasteiger charge is -2.26. The minimum absolute atomic E-state index is 0.115. The molecule has 0 aliphatic carbocycles. The smallest absolute Gasteiger partial charge is 0.309 e. The number of aromatic nitrogens is 6. The SMILES string of the molecule is CC(C)(C)n1ncc(-c2nc(CC(=O)N3CCSCC3)cs2)c1-c1ccc(F)cc1.CC(C)(C)n1ncc(-c2nc(CC(=O)O)cs2)c1-c1ccc(F)cc1. The van der Waals surface area contributed by atoms with E-state index in [0.717, 1.165) is 68.9 Å². The second kappa shape index (κ2) is 16.6. The van der Waals surface area contributed by atoms with Gasteiger partial charge in [0.25, 0.3) is 0 Å². The summed E-state index contributed by atoms with van der Waals surface area (Å²) in [7, 11) is 0. The molecule has 2 aromatic carbocycles. The quantitative estimate of drug-likeness (QED) is 0.162. The summed E-state index contributed by atoms with van der Waals surface area (Å²) in [5, 5.41) is 23.3. The van der Waals surface area contributed by atoms with Crippen LogP contribution in [0.25, 0.3) is 43.7 Å². The van der Waals surface area contributed by atoms with Gasteiger partial charge in [0.2, 0.25) is 5.91 Å². The van der Waals surface area contributed by atoms with E-state index in [0.29, 0.717) is 17.1 Å². The van der Waals surface area contributed by atoms with Gasteiger partial charge in [-0.1, -0.05) is 0 Å². The van der Waals surface area contributed by atoms with Crippen molar-refractivity contribution in [3.05, 3.63) is 94.7 Å². The molecule has 15 heteroatoms. The lowest BCUT2D eigenvalue weighted by molar-refractivity contribution is -0.136. The van der Waals surface area contributed by atoms with Gasteiger partial charge >= 0.3 is 5.97 Å². The van der Waals surface area contributed by atoms with Crippen molar-refractivity contribution in [1.29, 1.82) is 0 Å². The third-order valence-electron chi connectivity index (χ3n) is 8.64. The molecule has 0 unspecified atom stereocenters. The summed E-state index contributed by atoms with van der Waals surface area (Å²) in [6.07, 6.45) is 3.75. The Bertz CT molecular complexity index is 2260. The third kappa shape index (κ3) is 9.57. The second-order valence-corrected chi connectivity index (χ2v) is 18.0. The van der Waals surface area contributed by atoms with E-state index in [1.807, 2.05) is 58.4 Å². The average Bonchev–Trinajstić information content (AvgIpc) is 3.95. The first-order chi connectivity index (χ1) is 26.1. The Labute approximate surface area is 331 Å². The van der Waals surface area contributed by atoms with E-state index in [2.05, 4.69) is 36.0 Å². The molecular weight excluding hydrogens is 761 g/mol. The number of halogens is 2. The summed E-state index contributed by atoms with van der Waals surface area (Å²) in [6.45, 7) is 14.0. The highest BCUT2D eigenvalue weighted by atomic mass is 32.2. The van der Waals surface area contributed by atoms with Crippen molar-refractivity contribution in [1.82, 2.24) is 34.4 Å². The number of carboxylic acids is 1. The number of hydrogen-bond acceptors (Lipinski definition) is 9. The fourth-order valence-corrected chi connectivity index (χ4v) is 8.62. The number of carboxylic acid groups (broad SMARTS) is 1. The van der Waals surface area contributed by atoms with Crippen LogP contribution in [0, 0.1) is 11.6 Å². The number of amides is 1. The lowest BCUT2D eigenvalue weighted by Crippen LogP contribution is -2.38. The molecule has 1 saturated heterocycles. The monoisotopic (exact) mass is 803 g/mol. The number of aliphatic carboxylic acids is 1. The van der Waals surface area contributed by atoms with Crippen molar-refractivity contribution < 1.29 is 23.5 Å². The molecule has 4 aromatic heterocycles. The van der Waals surface area contributed by atoms with Gasteiger partial charge in [0.05, 0.1) is 70.2 Å². The van der Waals surface area contributed by atoms with Gasteiger partial charge in [-0.2, -0.15) is 22.0 Å². The van der Waals surface area contributed by atoms with E-state index in [9.17, 15) is 18.4 Å². The normalized spacial score (nSPS) is 13.4. The van der Waals surface area contributed by atoms with Crippen molar-refractivity contribution in [3.8, 4) is 43.7 Å². The summed E-state index contributed by atoms with van der Waals surface area (Å²) in [5.74, 6) is 0.651. The van der Waals surface area contributed by atoms with Crippen molar-refractivity contribution in [3.63, 3.8) is 0 Å². The average molecular weight is 804 g/mol. The van der Waals surface area contributed by atoms with Gasteiger partial charge in [-0.3, -0.25) is 19.0 Å². The Balaban J connectivity index is 0.000000190. The van der Waals surface area contributed by atoms with Crippen LogP contribution >= 0.6 is 34.4 Å². The molecule has 1 aliphatic rings. The van der Waals surface area contributed by atoms with Crippen LogP contribution in [0.3, 0.4) is 0 Å². The van der Waals surface area contributed by atoms with Crippen LogP contribution in [0.2, 0.25) is 0 Å². The fraction of sp³-hybridized carbons (Fsp3) is 0.350. The van der Waals surface area contributed by atoms with Gasteiger partial charge in [0.15, 0.2) is 0 Å². The molecule has 7 rings (SSSR count). The molecular formula is C40H43F2N7O3S3. The first-order valence-electron chi connectivity index (χ1n) is 17.7. The van der Waals surface area contributed by atoms with Gasteiger partial charge in [-0.05, 0) is 90.1 Å². The van der Waals surface area contributed by atoms with Crippen molar-refractivity contribution in [2.75, 3.05) is 24.6 Å². The van der Waals surface area contributed by atoms with Crippen molar-refractivity contribution >= 4 is 46.3 Å². The highest BCUT2D eigenvalue weighted by molar-refractivity contribution is 7.99. The summed E-state index contributed by atoms with van der Waals surface area (Å²) in [6, 6.07) is 12.7. The molecule has 6 aromatic rings. The van der Waals surface area contributed by atoms with Gasteiger partial charge in [0.1, 0.15) is 21.6 Å². The lowest BCUT2D eigenvalue weighted by atomic mass is 10.0. The molecule has 55 heavy (non-hydrogen) atoms. The van der Waals surface area contributed by atoms with Crippen LogP contribution < -0.4 is 0 Å². The van der Waals surface area contributed by atoms with Crippen LogP contribution in [0.1, 0.15) is 52.9 Å². The van der Waals surface area contributed by atoms with E-state index in [1.54, 1.807) is 35.8 Å². The van der Waals surface area contributed by atoms with Crippen LogP contribution in [-0.4, -0.2) is 76.0 Å². The second-order valence-electron chi connectivity index (χ2n) is 15.0. The Hall–Kier alpha value is -4.73. The number of carbonyl (C=O) groups excluding carboxylic acids is 1. The summed E-state index contributed by atoms with van der Waals surface area (Å²) < 4.78 is 30.7. The number of hydrogen-bond donors (Lipinski definition) is 1. The van der Waals surface area contributed by atoms with E-state index in [4.69, 9.17) is 10.1 Å². The maximum atomic E-state index is 13.5.